The van der Waals surface area contributed by atoms with Gasteiger partial charge in [-0.05, 0) is 94.8 Å². The zero-order chi connectivity index (χ0) is 33.3. The minimum absolute atomic E-state index is 0.0982. The Bertz CT molecular complexity index is 1460. The predicted octanol–water partition coefficient (Wildman–Crippen LogP) is 7.46. The second kappa shape index (κ2) is 15.6. The van der Waals surface area contributed by atoms with E-state index in [1.165, 1.54) is 0 Å². The summed E-state index contributed by atoms with van der Waals surface area (Å²) in [6, 6.07) is 16.2. The smallest absolute Gasteiger partial charge is 0.408 e. The zero-order valence-electron chi connectivity index (χ0n) is 28.0. The molecule has 0 radical (unpaired) electrons. The van der Waals surface area contributed by atoms with Gasteiger partial charge >= 0.3 is 6.09 Å². The molecule has 8 nitrogen and oxygen atoms in total. The summed E-state index contributed by atoms with van der Waals surface area (Å²) in [6.45, 7) is 15.5. The molecule has 0 aliphatic rings. The topological polar surface area (TPSA) is 108 Å². The number of aryl methyl sites for hydroxylation is 4. The molecule has 2 atom stereocenters. The van der Waals surface area contributed by atoms with Crippen LogP contribution in [0.1, 0.15) is 86.4 Å². The van der Waals surface area contributed by atoms with E-state index in [1.54, 1.807) is 49.9 Å². The number of hydrogen-bond acceptors (Lipinski definition) is 5. The maximum Gasteiger partial charge on any atom is 0.408 e. The van der Waals surface area contributed by atoms with E-state index in [2.05, 4.69) is 17.6 Å². The average molecular weight is 616 g/mol. The highest BCUT2D eigenvalue weighted by atomic mass is 16.6. The van der Waals surface area contributed by atoms with Crippen LogP contribution in [0.2, 0.25) is 0 Å². The minimum atomic E-state index is -1.04. The van der Waals surface area contributed by atoms with Crippen LogP contribution in [0.5, 0.6) is 5.75 Å². The van der Waals surface area contributed by atoms with Gasteiger partial charge in [0.25, 0.3) is 5.91 Å². The number of aromatic hydroxyl groups is 1. The van der Waals surface area contributed by atoms with Crippen LogP contribution < -0.4 is 10.6 Å². The molecule has 0 aliphatic carbocycles. The lowest BCUT2D eigenvalue weighted by atomic mass is 9.94. The third kappa shape index (κ3) is 10.1. The fourth-order valence-corrected chi connectivity index (χ4v) is 5.32. The van der Waals surface area contributed by atoms with Crippen molar-refractivity contribution in [2.75, 3.05) is 11.9 Å². The zero-order valence-corrected chi connectivity index (χ0v) is 28.0. The Hall–Kier alpha value is -4.33. The molecule has 0 saturated carbocycles. The maximum atomic E-state index is 14.7. The highest BCUT2D eigenvalue weighted by Gasteiger charge is 2.37. The number of nitrogens with one attached hydrogen (secondary N) is 2. The first-order valence-corrected chi connectivity index (χ1v) is 15.7. The molecule has 3 amide bonds. The lowest BCUT2D eigenvalue weighted by Gasteiger charge is -2.35. The van der Waals surface area contributed by atoms with Crippen molar-refractivity contribution in [3.63, 3.8) is 0 Å². The van der Waals surface area contributed by atoms with E-state index in [-0.39, 0.29) is 18.1 Å². The van der Waals surface area contributed by atoms with E-state index in [1.807, 2.05) is 64.1 Å². The second-order valence-electron chi connectivity index (χ2n) is 12.8. The summed E-state index contributed by atoms with van der Waals surface area (Å²) < 4.78 is 5.55. The van der Waals surface area contributed by atoms with Gasteiger partial charge in [0.05, 0.1) is 0 Å². The number of anilines is 1. The minimum Gasteiger partial charge on any atom is -0.508 e. The van der Waals surface area contributed by atoms with E-state index in [9.17, 15) is 19.5 Å². The number of unbranched alkanes of at least 4 members (excludes halogenated alkanes) is 2. The Kier molecular flexibility index (Phi) is 12.2. The third-order valence-corrected chi connectivity index (χ3v) is 7.67. The molecule has 0 bridgehead atoms. The number of carbonyl (C=O) groups is 3. The van der Waals surface area contributed by atoms with Gasteiger partial charge in [-0.3, -0.25) is 9.59 Å². The molecule has 0 heterocycles. The molecule has 0 aromatic heterocycles. The number of amides is 3. The summed E-state index contributed by atoms with van der Waals surface area (Å²) >= 11 is 0. The molecule has 3 N–H and O–H groups in total. The van der Waals surface area contributed by atoms with Crippen LogP contribution in [-0.4, -0.2) is 46.1 Å². The molecular weight excluding hydrogens is 566 g/mol. The molecule has 3 aromatic rings. The third-order valence-electron chi connectivity index (χ3n) is 7.67. The van der Waals surface area contributed by atoms with E-state index in [4.69, 9.17) is 4.74 Å². The Morgan fingerprint density at radius 1 is 0.889 bits per heavy atom. The predicted molar refractivity (Wildman–Crippen MR) is 179 cm³/mol. The second-order valence-corrected chi connectivity index (χ2v) is 12.8. The summed E-state index contributed by atoms with van der Waals surface area (Å²) in [5.74, 6) is -0.625. The van der Waals surface area contributed by atoms with E-state index < -0.39 is 29.7 Å². The summed E-state index contributed by atoms with van der Waals surface area (Å²) in [5.41, 5.74) is 5.09. The summed E-state index contributed by atoms with van der Waals surface area (Å²) in [6.07, 6.45) is 1.89. The van der Waals surface area contributed by atoms with Crippen LogP contribution >= 0.6 is 0 Å². The van der Waals surface area contributed by atoms with Crippen molar-refractivity contribution in [2.24, 2.45) is 0 Å². The first-order chi connectivity index (χ1) is 21.2. The molecule has 3 aromatic carbocycles. The van der Waals surface area contributed by atoms with Gasteiger partial charge in [-0.1, -0.05) is 73.9 Å². The van der Waals surface area contributed by atoms with Crippen LogP contribution in [-0.2, 0) is 20.7 Å². The van der Waals surface area contributed by atoms with E-state index >= 15 is 0 Å². The van der Waals surface area contributed by atoms with Gasteiger partial charge in [-0.2, -0.15) is 0 Å². The molecule has 0 fully saturated rings. The first-order valence-electron chi connectivity index (χ1n) is 15.7. The monoisotopic (exact) mass is 615 g/mol. The molecule has 3 rings (SSSR count). The van der Waals surface area contributed by atoms with Crippen LogP contribution in [0.15, 0.2) is 60.7 Å². The number of para-hydroxylation sites is 1. The summed E-state index contributed by atoms with van der Waals surface area (Å²) in [5, 5.41) is 15.8. The lowest BCUT2D eigenvalue weighted by molar-refractivity contribution is -0.140. The van der Waals surface area contributed by atoms with Crippen LogP contribution in [0.3, 0.4) is 0 Å². The van der Waals surface area contributed by atoms with Crippen molar-refractivity contribution in [2.45, 2.75) is 98.8 Å². The number of hydrogen-bond donors (Lipinski definition) is 3. The van der Waals surface area contributed by atoms with Gasteiger partial charge in [0, 0.05) is 18.7 Å². The van der Waals surface area contributed by atoms with E-state index in [0.717, 1.165) is 46.2 Å². The van der Waals surface area contributed by atoms with Gasteiger partial charge in [0.2, 0.25) is 5.91 Å². The largest absolute Gasteiger partial charge is 0.508 e. The highest BCUT2D eigenvalue weighted by Crippen LogP contribution is 2.30. The Balaban J connectivity index is 2.14. The summed E-state index contributed by atoms with van der Waals surface area (Å²) in [4.78, 5) is 43.9. The SMILES string of the molecule is CCCCCN(C(=O)C(Cc1ccc(O)cc1)NC(=O)OC(C)(C)C)C(C(=O)Nc1c(C)cccc1C)c1cc(C)ccc1C. The first kappa shape index (κ1) is 35.2. The van der Waals surface area contributed by atoms with Gasteiger partial charge in [0.1, 0.15) is 23.4 Å². The molecule has 2 unspecified atom stereocenters. The van der Waals surface area contributed by atoms with Crippen LogP contribution in [0.25, 0.3) is 0 Å². The van der Waals surface area contributed by atoms with Crippen LogP contribution in [0.4, 0.5) is 10.5 Å². The van der Waals surface area contributed by atoms with Crippen molar-refractivity contribution < 1.29 is 24.2 Å². The number of nitrogens with zero attached hydrogens (tertiary/aromatic N) is 1. The van der Waals surface area contributed by atoms with Gasteiger partial charge in [-0.25, -0.2) is 4.79 Å². The quantitative estimate of drug-likeness (QED) is 0.183. The Morgan fingerprint density at radius 3 is 2.13 bits per heavy atom. The lowest BCUT2D eigenvalue weighted by Crippen LogP contribution is -2.53. The van der Waals surface area contributed by atoms with E-state index in [0.29, 0.717) is 18.7 Å². The highest BCUT2D eigenvalue weighted by molar-refractivity contribution is 6.00. The number of carbonyl (C=O) groups excluding carboxylic acids is 3. The Labute approximate surface area is 268 Å². The van der Waals surface area contributed by atoms with Gasteiger partial charge in [0.15, 0.2) is 0 Å². The summed E-state index contributed by atoms with van der Waals surface area (Å²) in [7, 11) is 0. The van der Waals surface area contributed by atoms with Crippen molar-refractivity contribution in [3.05, 3.63) is 94.0 Å². The molecule has 0 saturated heterocycles. The number of ether oxygens (including phenoxy) is 1. The fourth-order valence-electron chi connectivity index (χ4n) is 5.32. The van der Waals surface area contributed by atoms with Crippen molar-refractivity contribution in [1.82, 2.24) is 10.2 Å². The molecular formula is C37H49N3O5. The Morgan fingerprint density at radius 2 is 1.53 bits per heavy atom. The number of phenols is 1. The number of benzene rings is 3. The van der Waals surface area contributed by atoms with Crippen molar-refractivity contribution >= 4 is 23.6 Å². The standard InChI is InChI=1S/C37H49N3O5/c1-9-10-11-21-40(35(43)31(38-36(44)45-37(6,7)8)23-28-17-19-29(41)20-18-28)33(30-22-24(2)15-16-25(30)3)34(42)39-32-26(4)13-12-14-27(32)5/h12-20,22,31,33,41H,9-11,21,23H2,1-8H3,(H,38,44)(H,39,42). The van der Waals surface area contributed by atoms with Gasteiger partial charge in [-0.15, -0.1) is 0 Å². The fraction of sp³-hybridized carbons (Fsp3) is 0.432. The molecule has 45 heavy (non-hydrogen) atoms. The normalized spacial score (nSPS) is 12.6. The average Bonchev–Trinajstić information content (AvgIpc) is 2.95. The van der Waals surface area contributed by atoms with Crippen molar-refractivity contribution in [3.8, 4) is 5.75 Å². The maximum absolute atomic E-state index is 14.7. The number of phenolic OH excluding ortho intramolecular Hbond substituents is 1. The molecule has 0 aliphatic heterocycles. The molecule has 242 valence electrons. The molecule has 0 spiro atoms. The van der Waals surface area contributed by atoms with Crippen LogP contribution in [0, 0.1) is 27.7 Å². The molecule has 8 heteroatoms. The number of alkyl carbamates (subject to hydrolysis) is 1. The number of rotatable bonds is 12. The van der Waals surface area contributed by atoms with Gasteiger partial charge < -0.3 is 25.4 Å². The van der Waals surface area contributed by atoms with Crippen molar-refractivity contribution in [1.29, 1.82) is 0 Å².